The fourth-order valence-corrected chi connectivity index (χ4v) is 2.00. The van der Waals surface area contributed by atoms with E-state index in [0.29, 0.717) is 5.56 Å². The van der Waals surface area contributed by atoms with Gasteiger partial charge >= 0.3 is 0 Å². The summed E-state index contributed by atoms with van der Waals surface area (Å²) >= 11 is 0. The fourth-order valence-electron chi connectivity index (χ4n) is 2.00. The van der Waals surface area contributed by atoms with Gasteiger partial charge in [-0.3, -0.25) is 4.79 Å². The van der Waals surface area contributed by atoms with Gasteiger partial charge in [0.15, 0.2) is 5.78 Å². The number of Topliss-reactive ketones (excluding diaryl/α,β-unsaturated/α-hetero) is 1. The Morgan fingerprint density at radius 3 is 2.93 bits per heavy atom. The Morgan fingerprint density at radius 1 is 1.53 bits per heavy atom. The van der Waals surface area contributed by atoms with Crippen molar-refractivity contribution < 1.29 is 9.18 Å². The van der Waals surface area contributed by atoms with E-state index in [1.165, 1.54) is 12.1 Å². The van der Waals surface area contributed by atoms with Crippen molar-refractivity contribution in [3.05, 3.63) is 35.1 Å². The predicted octanol–water partition coefficient (Wildman–Crippen LogP) is 1.93. The van der Waals surface area contributed by atoms with Gasteiger partial charge in [0.2, 0.25) is 0 Å². The minimum atomic E-state index is -0.284. The Balaban J connectivity index is 2.24. The third-order valence-corrected chi connectivity index (χ3v) is 2.89. The van der Waals surface area contributed by atoms with Crippen LogP contribution in [0.2, 0.25) is 0 Å². The molecule has 2 nitrogen and oxygen atoms in total. The number of nitrogens with one attached hydrogen (secondary N) is 1. The van der Waals surface area contributed by atoms with E-state index in [1.807, 2.05) is 0 Å². The SMILES string of the molecule is Cc1cc(F)ccc1C(=O)C1CCNC1. The van der Waals surface area contributed by atoms with E-state index in [2.05, 4.69) is 5.32 Å². The first-order valence-corrected chi connectivity index (χ1v) is 5.19. The number of benzene rings is 1. The van der Waals surface area contributed by atoms with Crippen molar-refractivity contribution in [3.8, 4) is 0 Å². The number of halogens is 1. The lowest BCUT2D eigenvalue weighted by atomic mass is 9.94. The lowest BCUT2D eigenvalue weighted by Crippen LogP contribution is -2.18. The van der Waals surface area contributed by atoms with E-state index in [-0.39, 0.29) is 17.5 Å². The molecule has 1 aromatic carbocycles. The van der Waals surface area contributed by atoms with E-state index in [0.717, 1.165) is 25.1 Å². The van der Waals surface area contributed by atoms with Crippen LogP contribution in [0.4, 0.5) is 4.39 Å². The molecule has 1 heterocycles. The second-order valence-corrected chi connectivity index (χ2v) is 4.01. The summed E-state index contributed by atoms with van der Waals surface area (Å²) in [5, 5.41) is 3.16. The topological polar surface area (TPSA) is 29.1 Å². The zero-order chi connectivity index (χ0) is 10.8. The van der Waals surface area contributed by atoms with Crippen LogP contribution < -0.4 is 5.32 Å². The Labute approximate surface area is 88.5 Å². The van der Waals surface area contributed by atoms with Crippen LogP contribution in [-0.4, -0.2) is 18.9 Å². The smallest absolute Gasteiger partial charge is 0.167 e. The van der Waals surface area contributed by atoms with E-state index in [4.69, 9.17) is 0 Å². The first-order valence-electron chi connectivity index (χ1n) is 5.19. The lowest BCUT2D eigenvalue weighted by molar-refractivity contribution is 0.0929. The Kier molecular flexibility index (Phi) is 2.82. The highest BCUT2D eigenvalue weighted by molar-refractivity contribution is 5.99. The van der Waals surface area contributed by atoms with Crippen molar-refractivity contribution in [2.24, 2.45) is 5.92 Å². The molecule has 80 valence electrons. The number of carbonyl (C=O) groups is 1. The summed E-state index contributed by atoms with van der Waals surface area (Å²) in [5.41, 5.74) is 1.39. The summed E-state index contributed by atoms with van der Waals surface area (Å²) in [6.45, 7) is 3.42. The van der Waals surface area contributed by atoms with Gasteiger partial charge in [0.05, 0.1) is 0 Å². The summed E-state index contributed by atoms with van der Waals surface area (Å²) in [4.78, 5) is 12.0. The van der Waals surface area contributed by atoms with Crippen LogP contribution in [0.1, 0.15) is 22.3 Å². The van der Waals surface area contributed by atoms with Crippen LogP contribution in [-0.2, 0) is 0 Å². The van der Waals surface area contributed by atoms with Crippen molar-refractivity contribution in [2.75, 3.05) is 13.1 Å². The van der Waals surface area contributed by atoms with Gasteiger partial charge in [-0.1, -0.05) is 0 Å². The van der Waals surface area contributed by atoms with Crippen LogP contribution in [0.25, 0.3) is 0 Å². The van der Waals surface area contributed by atoms with Crippen molar-refractivity contribution in [2.45, 2.75) is 13.3 Å². The van der Waals surface area contributed by atoms with Crippen LogP contribution in [0.3, 0.4) is 0 Å². The van der Waals surface area contributed by atoms with Crippen LogP contribution in [0, 0.1) is 18.7 Å². The molecule has 1 N–H and O–H groups in total. The summed E-state index contributed by atoms with van der Waals surface area (Å²) in [7, 11) is 0. The zero-order valence-electron chi connectivity index (χ0n) is 8.72. The van der Waals surface area contributed by atoms with E-state index in [1.54, 1.807) is 13.0 Å². The predicted molar refractivity (Wildman–Crippen MR) is 56.4 cm³/mol. The fraction of sp³-hybridized carbons (Fsp3) is 0.417. The molecule has 0 saturated carbocycles. The molecule has 1 fully saturated rings. The maximum absolute atomic E-state index is 12.9. The molecule has 15 heavy (non-hydrogen) atoms. The molecular weight excluding hydrogens is 193 g/mol. The van der Waals surface area contributed by atoms with Gasteiger partial charge in [-0.25, -0.2) is 4.39 Å². The van der Waals surface area contributed by atoms with Gasteiger partial charge in [0.25, 0.3) is 0 Å². The number of hydrogen-bond donors (Lipinski definition) is 1. The highest BCUT2D eigenvalue weighted by atomic mass is 19.1. The van der Waals surface area contributed by atoms with E-state index < -0.39 is 0 Å². The van der Waals surface area contributed by atoms with Crippen molar-refractivity contribution in [3.63, 3.8) is 0 Å². The van der Waals surface area contributed by atoms with Gasteiger partial charge in [0.1, 0.15) is 5.82 Å². The van der Waals surface area contributed by atoms with E-state index >= 15 is 0 Å². The average Bonchev–Trinajstić information content (AvgIpc) is 2.69. The highest BCUT2D eigenvalue weighted by Gasteiger charge is 2.24. The molecule has 1 aliphatic rings. The molecule has 0 spiro atoms. The molecule has 3 heteroatoms. The maximum Gasteiger partial charge on any atom is 0.167 e. The second-order valence-electron chi connectivity index (χ2n) is 4.01. The highest BCUT2D eigenvalue weighted by Crippen LogP contribution is 2.18. The number of rotatable bonds is 2. The molecule has 1 aliphatic heterocycles. The minimum absolute atomic E-state index is 0.0640. The standard InChI is InChI=1S/C12H14FNO/c1-8-6-10(13)2-3-11(8)12(15)9-4-5-14-7-9/h2-3,6,9,14H,4-5,7H2,1H3. The van der Waals surface area contributed by atoms with Gasteiger partial charge in [-0.15, -0.1) is 0 Å². The number of aryl methyl sites for hydroxylation is 1. The Morgan fingerprint density at radius 2 is 2.33 bits per heavy atom. The summed E-state index contributed by atoms with van der Waals surface area (Å²) in [6.07, 6.45) is 0.885. The number of carbonyl (C=O) groups excluding carboxylic acids is 1. The van der Waals surface area contributed by atoms with Crippen molar-refractivity contribution in [1.82, 2.24) is 5.32 Å². The van der Waals surface area contributed by atoms with Gasteiger partial charge < -0.3 is 5.32 Å². The van der Waals surface area contributed by atoms with Crippen LogP contribution >= 0.6 is 0 Å². The maximum atomic E-state index is 12.9. The Bertz CT molecular complexity index is 383. The zero-order valence-corrected chi connectivity index (χ0v) is 8.72. The summed E-state index contributed by atoms with van der Waals surface area (Å²) in [5.74, 6) is -0.0831. The normalized spacial score (nSPS) is 20.5. The molecule has 1 atom stereocenters. The summed E-state index contributed by atoms with van der Waals surface area (Å²) in [6, 6.07) is 4.35. The van der Waals surface area contributed by atoms with Gasteiger partial charge in [-0.05, 0) is 43.7 Å². The molecule has 0 aromatic heterocycles. The van der Waals surface area contributed by atoms with Crippen molar-refractivity contribution >= 4 is 5.78 Å². The molecule has 2 rings (SSSR count). The quantitative estimate of drug-likeness (QED) is 0.751. The third-order valence-electron chi connectivity index (χ3n) is 2.89. The molecule has 0 bridgehead atoms. The van der Waals surface area contributed by atoms with Crippen LogP contribution in [0.15, 0.2) is 18.2 Å². The van der Waals surface area contributed by atoms with E-state index in [9.17, 15) is 9.18 Å². The average molecular weight is 207 g/mol. The third kappa shape index (κ3) is 2.07. The number of ketones is 1. The molecule has 1 saturated heterocycles. The van der Waals surface area contributed by atoms with Gasteiger partial charge in [0, 0.05) is 18.0 Å². The first kappa shape index (κ1) is 10.3. The largest absolute Gasteiger partial charge is 0.316 e. The molecule has 0 aliphatic carbocycles. The minimum Gasteiger partial charge on any atom is -0.316 e. The Hall–Kier alpha value is -1.22. The molecule has 1 aromatic rings. The summed E-state index contributed by atoms with van der Waals surface area (Å²) < 4.78 is 12.9. The first-order chi connectivity index (χ1) is 7.18. The van der Waals surface area contributed by atoms with Crippen molar-refractivity contribution in [1.29, 1.82) is 0 Å². The second kappa shape index (κ2) is 4.11. The molecule has 0 amide bonds. The molecule has 1 unspecified atom stereocenters. The monoisotopic (exact) mass is 207 g/mol. The number of hydrogen-bond acceptors (Lipinski definition) is 2. The van der Waals surface area contributed by atoms with Gasteiger partial charge in [-0.2, -0.15) is 0 Å². The van der Waals surface area contributed by atoms with Crippen LogP contribution in [0.5, 0.6) is 0 Å². The molecule has 0 radical (unpaired) electrons. The molecular formula is C12H14FNO. The lowest BCUT2D eigenvalue weighted by Gasteiger charge is -2.09.